The monoisotopic (exact) mass is 217 g/mol. The van der Waals surface area contributed by atoms with Crippen LogP contribution < -0.4 is 5.32 Å². The number of carbonyl (C=O) groups is 1. The lowest BCUT2D eigenvalue weighted by molar-refractivity contribution is -0.123. The summed E-state index contributed by atoms with van der Waals surface area (Å²) < 4.78 is 0. The number of amides is 1. The van der Waals surface area contributed by atoms with Crippen LogP contribution in [-0.2, 0) is 11.2 Å². The van der Waals surface area contributed by atoms with Crippen molar-refractivity contribution in [2.75, 3.05) is 0 Å². The van der Waals surface area contributed by atoms with Gasteiger partial charge in [-0.05, 0) is 24.0 Å². The van der Waals surface area contributed by atoms with Gasteiger partial charge in [0.25, 0.3) is 0 Å². The number of nitrogens with one attached hydrogen (secondary N) is 1. The molecule has 84 valence electrons. The molecule has 0 aliphatic heterocycles. The van der Waals surface area contributed by atoms with E-state index in [2.05, 4.69) is 5.32 Å². The number of hydrogen-bond acceptors (Lipinski definition) is 2. The second-order valence-corrected chi connectivity index (χ2v) is 4.73. The molecular formula is C13H15NO2. The molecule has 0 bridgehead atoms. The van der Waals surface area contributed by atoms with Gasteiger partial charge in [0.05, 0.1) is 12.1 Å². The molecule has 0 radical (unpaired) electrons. The third kappa shape index (κ3) is 1.61. The van der Waals surface area contributed by atoms with E-state index in [0.717, 1.165) is 24.0 Å². The Labute approximate surface area is 94.5 Å². The molecule has 1 saturated carbocycles. The van der Waals surface area contributed by atoms with Crippen LogP contribution in [-0.4, -0.2) is 17.1 Å². The van der Waals surface area contributed by atoms with Crippen molar-refractivity contribution in [3.05, 3.63) is 35.4 Å². The van der Waals surface area contributed by atoms with Crippen molar-refractivity contribution in [1.82, 2.24) is 5.32 Å². The maximum absolute atomic E-state index is 11.7. The molecule has 0 spiro atoms. The van der Waals surface area contributed by atoms with Gasteiger partial charge in [0.2, 0.25) is 5.91 Å². The zero-order valence-corrected chi connectivity index (χ0v) is 9.02. The van der Waals surface area contributed by atoms with Crippen molar-refractivity contribution in [2.24, 2.45) is 5.92 Å². The van der Waals surface area contributed by atoms with Gasteiger partial charge in [-0.15, -0.1) is 0 Å². The number of benzene rings is 1. The Kier molecular flexibility index (Phi) is 2.21. The molecule has 1 fully saturated rings. The molecule has 2 aliphatic carbocycles. The molecule has 3 rings (SSSR count). The highest BCUT2D eigenvalue weighted by Crippen LogP contribution is 2.34. The SMILES string of the molecule is O=C(N[C@H]1c2ccccc2C[C@H]1O)C1CC1. The number of carbonyl (C=O) groups excluding carboxylic acids is 1. The average molecular weight is 217 g/mol. The Balaban J connectivity index is 1.81. The number of aliphatic hydroxyl groups is 1. The van der Waals surface area contributed by atoms with E-state index in [0.29, 0.717) is 6.42 Å². The highest BCUT2D eigenvalue weighted by atomic mass is 16.3. The lowest BCUT2D eigenvalue weighted by Gasteiger charge is -2.17. The van der Waals surface area contributed by atoms with E-state index in [-0.39, 0.29) is 17.9 Å². The molecule has 16 heavy (non-hydrogen) atoms. The summed E-state index contributed by atoms with van der Waals surface area (Å²) in [5.74, 6) is 0.292. The molecule has 2 N–H and O–H groups in total. The Morgan fingerprint density at radius 1 is 1.31 bits per heavy atom. The van der Waals surface area contributed by atoms with Gasteiger partial charge in [-0.2, -0.15) is 0 Å². The Bertz CT molecular complexity index is 426. The normalized spacial score (nSPS) is 27.6. The zero-order chi connectivity index (χ0) is 11.1. The third-order valence-electron chi connectivity index (χ3n) is 3.45. The van der Waals surface area contributed by atoms with E-state index < -0.39 is 6.10 Å². The second-order valence-electron chi connectivity index (χ2n) is 4.73. The van der Waals surface area contributed by atoms with Crippen LogP contribution in [0.15, 0.2) is 24.3 Å². The number of fused-ring (bicyclic) bond motifs is 1. The van der Waals surface area contributed by atoms with E-state index in [1.54, 1.807) is 0 Å². The summed E-state index contributed by atoms with van der Waals surface area (Å²) in [6, 6.07) is 7.72. The fourth-order valence-electron chi connectivity index (χ4n) is 2.36. The molecule has 0 saturated heterocycles. The van der Waals surface area contributed by atoms with Crippen molar-refractivity contribution >= 4 is 5.91 Å². The lowest BCUT2D eigenvalue weighted by atomic mass is 10.1. The predicted octanol–water partition coefficient (Wildman–Crippen LogP) is 1.17. The van der Waals surface area contributed by atoms with Crippen LogP contribution in [0.4, 0.5) is 0 Å². The first-order valence-electron chi connectivity index (χ1n) is 5.82. The van der Waals surface area contributed by atoms with Crippen molar-refractivity contribution in [2.45, 2.75) is 31.4 Å². The van der Waals surface area contributed by atoms with Gasteiger partial charge in [-0.3, -0.25) is 4.79 Å². The van der Waals surface area contributed by atoms with Crippen molar-refractivity contribution < 1.29 is 9.90 Å². The summed E-state index contributed by atoms with van der Waals surface area (Å²) in [5, 5.41) is 12.9. The van der Waals surface area contributed by atoms with E-state index in [1.807, 2.05) is 24.3 Å². The maximum Gasteiger partial charge on any atom is 0.223 e. The molecule has 3 nitrogen and oxygen atoms in total. The zero-order valence-electron chi connectivity index (χ0n) is 9.02. The van der Waals surface area contributed by atoms with Crippen LogP contribution in [0.5, 0.6) is 0 Å². The highest BCUT2D eigenvalue weighted by Gasteiger charge is 2.36. The summed E-state index contributed by atoms with van der Waals surface area (Å²) in [5.41, 5.74) is 2.22. The van der Waals surface area contributed by atoms with Crippen molar-refractivity contribution in [1.29, 1.82) is 0 Å². The van der Waals surface area contributed by atoms with Gasteiger partial charge in [0.1, 0.15) is 0 Å². The molecule has 2 atom stereocenters. The minimum absolute atomic E-state index is 0.0979. The molecule has 1 amide bonds. The predicted molar refractivity (Wildman–Crippen MR) is 59.8 cm³/mol. The van der Waals surface area contributed by atoms with Crippen LogP contribution in [0.1, 0.15) is 30.0 Å². The molecule has 0 aromatic heterocycles. The summed E-state index contributed by atoms with van der Waals surface area (Å²) in [6.45, 7) is 0. The fraction of sp³-hybridized carbons (Fsp3) is 0.462. The first-order valence-corrected chi connectivity index (χ1v) is 5.82. The topological polar surface area (TPSA) is 49.3 Å². The van der Waals surface area contributed by atoms with Crippen LogP contribution >= 0.6 is 0 Å². The molecule has 0 unspecified atom stereocenters. The fourth-order valence-corrected chi connectivity index (χ4v) is 2.36. The van der Waals surface area contributed by atoms with E-state index in [9.17, 15) is 9.90 Å². The molecule has 1 aromatic carbocycles. The smallest absolute Gasteiger partial charge is 0.223 e. The van der Waals surface area contributed by atoms with Crippen LogP contribution in [0, 0.1) is 5.92 Å². The first kappa shape index (κ1) is 9.85. The van der Waals surface area contributed by atoms with Gasteiger partial charge in [0, 0.05) is 12.3 Å². The molecular weight excluding hydrogens is 202 g/mol. The standard InChI is InChI=1S/C13H15NO2/c15-11-7-9-3-1-2-4-10(9)12(11)14-13(16)8-5-6-8/h1-4,8,11-12,15H,5-7H2,(H,14,16)/t11-,12+/m1/s1. The minimum Gasteiger partial charge on any atom is -0.390 e. The lowest BCUT2D eigenvalue weighted by Crippen LogP contribution is -2.34. The van der Waals surface area contributed by atoms with Gasteiger partial charge in [0.15, 0.2) is 0 Å². The Morgan fingerprint density at radius 3 is 2.81 bits per heavy atom. The number of hydrogen-bond donors (Lipinski definition) is 2. The van der Waals surface area contributed by atoms with Gasteiger partial charge in [-0.25, -0.2) is 0 Å². The van der Waals surface area contributed by atoms with Crippen molar-refractivity contribution in [3.63, 3.8) is 0 Å². The summed E-state index contributed by atoms with van der Waals surface area (Å²) in [7, 11) is 0. The summed E-state index contributed by atoms with van der Waals surface area (Å²) in [4.78, 5) is 11.7. The average Bonchev–Trinajstić information content (AvgIpc) is 3.06. The summed E-state index contributed by atoms with van der Waals surface area (Å²) in [6.07, 6.45) is 2.17. The summed E-state index contributed by atoms with van der Waals surface area (Å²) >= 11 is 0. The maximum atomic E-state index is 11.7. The van der Waals surface area contributed by atoms with Crippen molar-refractivity contribution in [3.8, 4) is 0 Å². The molecule has 2 aliphatic rings. The van der Waals surface area contributed by atoms with Crippen LogP contribution in [0.2, 0.25) is 0 Å². The molecule has 3 heteroatoms. The van der Waals surface area contributed by atoms with Crippen LogP contribution in [0.25, 0.3) is 0 Å². The third-order valence-corrected chi connectivity index (χ3v) is 3.45. The van der Waals surface area contributed by atoms with E-state index in [4.69, 9.17) is 0 Å². The quantitative estimate of drug-likeness (QED) is 0.781. The highest BCUT2D eigenvalue weighted by molar-refractivity contribution is 5.81. The minimum atomic E-state index is -0.472. The Hall–Kier alpha value is -1.35. The van der Waals surface area contributed by atoms with Gasteiger partial charge in [-0.1, -0.05) is 24.3 Å². The second kappa shape index (κ2) is 3.59. The molecule has 1 aromatic rings. The Morgan fingerprint density at radius 2 is 2.06 bits per heavy atom. The van der Waals surface area contributed by atoms with Gasteiger partial charge < -0.3 is 10.4 Å². The van der Waals surface area contributed by atoms with Gasteiger partial charge >= 0.3 is 0 Å². The van der Waals surface area contributed by atoms with Crippen LogP contribution in [0.3, 0.4) is 0 Å². The largest absolute Gasteiger partial charge is 0.390 e. The number of aliphatic hydroxyl groups excluding tert-OH is 1. The molecule has 0 heterocycles. The number of rotatable bonds is 2. The first-order chi connectivity index (χ1) is 7.75. The van der Waals surface area contributed by atoms with E-state index in [1.165, 1.54) is 0 Å². The van der Waals surface area contributed by atoms with E-state index >= 15 is 0 Å².